The van der Waals surface area contributed by atoms with Crippen molar-refractivity contribution in [1.29, 1.82) is 0 Å². The number of amides is 1. The van der Waals surface area contributed by atoms with Crippen molar-refractivity contribution in [2.75, 3.05) is 11.1 Å². The van der Waals surface area contributed by atoms with Gasteiger partial charge in [-0.2, -0.15) is 0 Å². The molecule has 0 saturated heterocycles. The maximum Gasteiger partial charge on any atom is 0.322 e. The first-order chi connectivity index (χ1) is 13.0. The van der Waals surface area contributed by atoms with Gasteiger partial charge in [-0.15, -0.1) is 16.9 Å². The highest BCUT2D eigenvalue weighted by Crippen LogP contribution is 2.30. The van der Waals surface area contributed by atoms with Crippen LogP contribution in [0, 0.1) is 6.92 Å². The Kier molecular flexibility index (Phi) is 6.77. The molecule has 0 aliphatic rings. The highest BCUT2D eigenvalue weighted by Gasteiger charge is 2.14. The minimum absolute atomic E-state index is 0.0391. The third kappa shape index (κ3) is 5.73. The molecule has 140 valence electrons. The van der Waals surface area contributed by atoms with E-state index in [1.54, 1.807) is 30.0 Å². The van der Waals surface area contributed by atoms with Crippen LogP contribution in [0.25, 0.3) is 11.5 Å². The average molecular weight is 422 g/mol. The molecule has 0 radical (unpaired) electrons. The topological polar surface area (TPSA) is 68.0 Å². The normalized spacial score (nSPS) is 10.8. The van der Waals surface area contributed by atoms with Gasteiger partial charge in [0.05, 0.1) is 10.6 Å². The number of carbonyl (C=O) groups is 1. The zero-order valence-corrected chi connectivity index (χ0v) is 16.9. The zero-order chi connectivity index (χ0) is 19.2. The van der Waals surface area contributed by atoms with Gasteiger partial charge in [-0.05, 0) is 49.4 Å². The zero-order valence-electron chi connectivity index (χ0n) is 14.5. The van der Waals surface area contributed by atoms with Crippen LogP contribution >= 0.6 is 35.0 Å². The number of halogens is 2. The van der Waals surface area contributed by atoms with E-state index in [4.69, 9.17) is 27.6 Å². The van der Waals surface area contributed by atoms with E-state index in [2.05, 4.69) is 46.7 Å². The molecule has 0 aliphatic heterocycles. The van der Waals surface area contributed by atoms with Crippen molar-refractivity contribution in [2.24, 2.45) is 0 Å². The highest BCUT2D eigenvalue weighted by molar-refractivity contribution is 7.99. The van der Waals surface area contributed by atoms with Gasteiger partial charge in [0, 0.05) is 16.3 Å². The predicted octanol–water partition coefficient (Wildman–Crippen LogP) is 5.86. The fraction of sp³-hybridized carbons (Fsp3) is 0.211. The number of hydrogen-bond donors (Lipinski definition) is 1. The van der Waals surface area contributed by atoms with Gasteiger partial charge in [-0.1, -0.05) is 46.0 Å². The van der Waals surface area contributed by atoms with Gasteiger partial charge in [0.2, 0.25) is 5.91 Å². The largest absolute Gasteiger partial charge is 0.403 e. The molecule has 3 aromatic rings. The van der Waals surface area contributed by atoms with Crippen LogP contribution in [0.4, 0.5) is 6.01 Å². The van der Waals surface area contributed by atoms with Gasteiger partial charge in [0.15, 0.2) is 0 Å². The first-order valence-corrected chi connectivity index (χ1v) is 10.0. The molecular formula is C19H17Cl2N3O2S. The minimum Gasteiger partial charge on any atom is -0.403 e. The lowest BCUT2D eigenvalue weighted by molar-refractivity contribution is -0.116. The standard InChI is InChI=1S/C19H17Cl2N3O2S/c1-12-4-7-14(8-5-12)27-10-2-3-17(25)22-19-24-23-18(26-19)15-11-13(20)6-9-16(15)21/h4-9,11H,2-3,10H2,1H3,(H,22,24,25). The number of rotatable bonds is 7. The van der Waals surface area contributed by atoms with Crippen LogP contribution in [-0.4, -0.2) is 21.9 Å². The number of aryl methyl sites for hydroxylation is 1. The third-order valence-corrected chi connectivity index (χ3v) is 5.33. The number of nitrogens with one attached hydrogen (secondary N) is 1. The van der Waals surface area contributed by atoms with Crippen LogP contribution in [-0.2, 0) is 4.79 Å². The lowest BCUT2D eigenvalue weighted by atomic mass is 10.2. The summed E-state index contributed by atoms with van der Waals surface area (Å²) in [5.41, 5.74) is 1.75. The first-order valence-electron chi connectivity index (χ1n) is 8.29. The summed E-state index contributed by atoms with van der Waals surface area (Å²) in [7, 11) is 0. The van der Waals surface area contributed by atoms with Crippen molar-refractivity contribution in [2.45, 2.75) is 24.7 Å². The molecule has 0 fully saturated rings. The van der Waals surface area contributed by atoms with E-state index in [0.717, 1.165) is 12.2 Å². The molecule has 5 nitrogen and oxygen atoms in total. The second-order valence-corrected chi connectivity index (χ2v) is 7.86. The van der Waals surface area contributed by atoms with Crippen LogP contribution in [0.3, 0.4) is 0 Å². The first kappa shape index (κ1) is 19.7. The van der Waals surface area contributed by atoms with E-state index in [-0.39, 0.29) is 17.8 Å². The van der Waals surface area contributed by atoms with E-state index in [9.17, 15) is 4.79 Å². The Morgan fingerprint density at radius 2 is 1.93 bits per heavy atom. The molecule has 27 heavy (non-hydrogen) atoms. The summed E-state index contributed by atoms with van der Waals surface area (Å²) in [6.07, 6.45) is 1.11. The molecule has 3 rings (SSSR count). The lowest BCUT2D eigenvalue weighted by Crippen LogP contribution is -2.11. The van der Waals surface area contributed by atoms with E-state index in [0.29, 0.717) is 22.0 Å². The maximum atomic E-state index is 12.0. The van der Waals surface area contributed by atoms with Crippen molar-refractivity contribution in [3.8, 4) is 11.5 Å². The van der Waals surface area contributed by atoms with Crippen molar-refractivity contribution < 1.29 is 9.21 Å². The van der Waals surface area contributed by atoms with Crippen molar-refractivity contribution in [3.63, 3.8) is 0 Å². The van der Waals surface area contributed by atoms with Crippen LogP contribution in [0.15, 0.2) is 51.8 Å². The maximum absolute atomic E-state index is 12.0. The van der Waals surface area contributed by atoms with Gasteiger partial charge in [-0.25, -0.2) is 0 Å². The number of hydrogen-bond acceptors (Lipinski definition) is 5. The second kappa shape index (κ2) is 9.26. The molecule has 0 spiro atoms. The summed E-state index contributed by atoms with van der Waals surface area (Å²) in [4.78, 5) is 13.2. The summed E-state index contributed by atoms with van der Waals surface area (Å²) in [6.45, 7) is 2.06. The molecule has 2 aromatic carbocycles. The molecular weight excluding hydrogens is 405 g/mol. The summed E-state index contributed by atoms with van der Waals surface area (Å²) < 4.78 is 5.46. The monoisotopic (exact) mass is 421 g/mol. The lowest BCUT2D eigenvalue weighted by Gasteiger charge is -2.03. The van der Waals surface area contributed by atoms with Crippen LogP contribution in [0.1, 0.15) is 18.4 Å². The van der Waals surface area contributed by atoms with Gasteiger partial charge in [-0.3, -0.25) is 10.1 Å². The van der Waals surface area contributed by atoms with Crippen molar-refractivity contribution in [3.05, 3.63) is 58.1 Å². The Balaban J connectivity index is 1.48. The number of aromatic nitrogens is 2. The minimum atomic E-state index is -0.174. The van der Waals surface area contributed by atoms with Crippen molar-refractivity contribution in [1.82, 2.24) is 10.2 Å². The van der Waals surface area contributed by atoms with E-state index >= 15 is 0 Å². The molecule has 0 aliphatic carbocycles. The fourth-order valence-electron chi connectivity index (χ4n) is 2.28. The predicted molar refractivity (Wildman–Crippen MR) is 110 cm³/mol. The Morgan fingerprint density at radius 1 is 1.15 bits per heavy atom. The Bertz CT molecular complexity index is 929. The van der Waals surface area contributed by atoms with Crippen LogP contribution < -0.4 is 5.32 Å². The smallest absolute Gasteiger partial charge is 0.322 e. The van der Waals surface area contributed by atoms with Gasteiger partial charge < -0.3 is 4.42 Å². The summed E-state index contributed by atoms with van der Waals surface area (Å²) in [5, 5.41) is 11.3. The number of nitrogens with zero attached hydrogens (tertiary/aromatic N) is 2. The highest BCUT2D eigenvalue weighted by atomic mass is 35.5. The number of anilines is 1. The summed E-state index contributed by atoms with van der Waals surface area (Å²) in [6, 6.07) is 13.3. The van der Waals surface area contributed by atoms with Crippen LogP contribution in [0.2, 0.25) is 10.0 Å². The second-order valence-electron chi connectivity index (χ2n) is 5.85. The van der Waals surface area contributed by atoms with E-state index in [1.165, 1.54) is 10.5 Å². The summed E-state index contributed by atoms with van der Waals surface area (Å²) in [5.74, 6) is 0.878. The molecule has 0 bridgehead atoms. The molecule has 1 amide bonds. The fourth-order valence-corrected chi connectivity index (χ4v) is 3.51. The quantitative estimate of drug-likeness (QED) is 0.381. The molecule has 1 aromatic heterocycles. The van der Waals surface area contributed by atoms with E-state index < -0.39 is 0 Å². The molecule has 1 N–H and O–H groups in total. The molecule has 0 saturated carbocycles. The Morgan fingerprint density at radius 3 is 2.70 bits per heavy atom. The number of benzene rings is 2. The van der Waals surface area contributed by atoms with Crippen LogP contribution in [0.5, 0.6) is 0 Å². The third-order valence-electron chi connectivity index (χ3n) is 3.67. The Labute approximate surface area is 171 Å². The Hall–Kier alpha value is -2.02. The van der Waals surface area contributed by atoms with Crippen molar-refractivity contribution >= 4 is 46.9 Å². The summed E-state index contributed by atoms with van der Waals surface area (Å²) >= 11 is 13.8. The average Bonchev–Trinajstić information content (AvgIpc) is 3.10. The SMILES string of the molecule is Cc1ccc(SCCCC(=O)Nc2nnc(-c3cc(Cl)ccc3Cl)o2)cc1. The molecule has 1 heterocycles. The molecule has 0 unspecified atom stereocenters. The van der Waals surface area contributed by atoms with E-state index in [1.807, 2.05) is 0 Å². The molecule has 8 heteroatoms. The van der Waals surface area contributed by atoms with Gasteiger partial charge in [0.25, 0.3) is 5.89 Å². The molecule has 0 atom stereocenters. The van der Waals surface area contributed by atoms with Gasteiger partial charge >= 0.3 is 6.01 Å². The number of thioether (sulfide) groups is 1. The van der Waals surface area contributed by atoms with Gasteiger partial charge in [0.1, 0.15) is 0 Å². The number of carbonyl (C=O) groups excluding carboxylic acids is 1.